The number of nitrogens with one attached hydrogen (secondary N) is 1. The van der Waals surface area contributed by atoms with Gasteiger partial charge in [0.15, 0.2) is 0 Å². The molecule has 1 saturated carbocycles. The zero-order valence-corrected chi connectivity index (χ0v) is 9.93. The molecule has 1 aromatic heterocycles. The number of hydrogen-bond acceptors (Lipinski definition) is 4. The third-order valence-corrected chi connectivity index (χ3v) is 4.26. The first-order chi connectivity index (χ1) is 7.40. The van der Waals surface area contributed by atoms with Gasteiger partial charge in [0.1, 0.15) is 6.26 Å². The lowest BCUT2D eigenvalue weighted by molar-refractivity contribution is 0.447. The Kier molecular flexibility index (Phi) is 4.09. The maximum absolute atomic E-state index is 5.29. The fourth-order valence-corrected chi connectivity index (χ4v) is 3.36. The Morgan fingerprint density at radius 3 is 3.00 bits per heavy atom. The second-order valence-electron chi connectivity index (χ2n) is 3.99. The maximum Gasteiger partial charge on any atom is 0.255 e. The van der Waals surface area contributed by atoms with Crippen LogP contribution in [0.5, 0.6) is 0 Å². The summed E-state index contributed by atoms with van der Waals surface area (Å²) in [6.07, 6.45) is 9.93. The molecule has 84 valence electrons. The van der Waals surface area contributed by atoms with Gasteiger partial charge in [-0.1, -0.05) is 31.0 Å². The van der Waals surface area contributed by atoms with Crippen molar-refractivity contribution in [1.82, 2.24) is 10.3 Å². The van der Waals surface area contributed by atoms with Crippen LogP contribution in [0.25, 0.3) is 0 Å². The van der Waals surface area contributed by atoms with Gasteiger partial charge in [-0.3, -0.25) is 0 Å². The Hall–Kier alpha value is -0.480. The fourth-order valence-electron chi connectivity index (χ4n) is 2.14. The molecule has 1 aliphatic carbocycles. The molecular weight excluding hydrogens is 208 g/mol. The normalized spacial score (nSPS) is 27.5. The molecule has 0 amide bonds. The van der Waals surface area contributed by atoms with E-state index in [-0.39, 0.29) is 0 Å². The van der Waals surface area contributed by atoms with Crippen LogP contribution >= 0.6 is 11.8 Å². The van der Waals surface area contributed by atoms with Crippen LogP contribution < -0.4 is 5.32 Å². The minimum absolute atomic E-state index is 0.601. The van der Waals surface area contributed by atoms with Crippen molar-refractivity contribution in [3.05, 3.63) is 12.5 Å². The highest BCUT2D eigenvalue weighted by atomic mass is 32.2. The Bertz CT molecular complexity index is 276. The molecule has 0 spiro atoms. The summed E-state index contributed by atoms with van der Waals surface area (Å²) in [5, 5.41) is 4.83. The van der Waals surface area contributed by atoms with Crippen molar-refractivity contribution in [2.75, 3.05) is 7.05 Å². The summed E-state index contributed by atoms with van der Waals surface area (Å²) in [5.74, 6) is 0. The van der Waals surface area contributed by atoms with Gasteiger partial charge in [0.25, 0.3) is 5.22 Å². The van der Waals surface area contributed by atoms with Crippen molar-refractivity contribution in [2.24, 2.45) is 0 Å². The summed E-state index contributed by atoms with van der Waals surface area (Å²) in [6, 6.07) is 0.601. The number of hydrogen-bond donors (Lipinski definition) is 1. The van der Waals surface area contributed by atoms with Gasteiger partial charge in [-0.05, 0) is 19.9 Å². The molecule has 0 saturated heterocycles. The van der Waals surface area contributed by atoms with Crippen LogP contribution in [-0.4, -0.2) is 23.3 Å². The fraction of sp³-hybridized carbons (Fsp3) is 0.727. The van der Waals surface area contributed by atoms with Crippen LogP contribution in [0, 0.1) is 0 Å². The summed E-state index contributed by atoms with van der Waals surface area (Å²) in [7, 11) is 2.05. The molecular formula is C11H18N2OS. The summed E-state index contributed by atoms with van der Waals surface area (Å²) in [6.45, 7) is 0. The minimum Gasteiger partial charge on any atom is -0.440 e. The quantitative estimate of drug-likeness (QED) is 0.804. The third-order valence-electron chi connectivity index (χ3n) is 2.99. The highest BCUT2D eigenvalue weighted by Gasteiger charge is 2.24. The maximum atomic E-state index is 5.29. The predicted octanol–water partition coefficient (Wildman–Crippen LogP) is 2.69. The van der Waals surface area contributed by atoms with Gasteiger partial charge in [-0.15, -0.1) is 0 Å². The summed E-state index contributed by atoms with van der Waals surface area (Å²) in [4.78, 5) is 4.18. The molecule has 3 nitrogen and oxygen atoms in total. The number of aromatic nitrogens is 1. The lowest BCUT2D eigenvalue weighted by atomic mass is 10.1. The van der Waals surface area contributed by atoms with E-state index < -0.39 is 0 Å². The van der Waals surface area contributed by atoms with Gasteiger partial charge < -0.3 is 9.73 Å². The Labute approximate surface area is 95.0 Å². The van der Waals surface area contributed by atoms with Crippen molar-refractivity contribution in [1.29, 1.82) is 0 Å². The average Bonchev–Trinajstić information content (AvgIpc) is 2.64. The molecule has 2 rings (SSSR count). The van der Waals surface area contributed by atoms with Crippen molar-refractivity contribution >= 4 is 11.8 Å². The standard InChI is InChI=1S/C11H18N2OS/c1-12-9-5-3-2-4-6-10(9)15-11-13-7-8-14-11/h7-10,12H,2-6H2,1H3. The van der Waals surface area contributed by atoms with Crippen LogP contribution in [0.2, 0.25) is 0 Å². The van der Waals surface area contributed by atoms with Crippen LogP contribution in [-0.2, 0) is 0 Å². The molecule has 2 atom stereocenters. The van der Waals surface area contributed by atoms with E-state index in [2.05, 4.69) is 17.3 Å². The first kappa shape index (κ1) is 11.0. The van der Waals surface area contributed by atoms with Gasteiger partial charge in [-0.25, -0.2) is 4.98 Å². The van der Waals surface area contributed by atoms with E-state index >= 15 is 0 Å². The number of nitrogens with zero attached hydrogens (tertiary/aromatic N) is 1. The third kappa shape index (κ3) is 2.98. The molecule has 0 bridgehead atoms. The van der Waals surface area contributed by atoms with Gasteiger partial charge in [0.05, 0.1) is 6.20 Å². The van der Waals surface area contributed by atoms with Crippen molar-refractivity contribution in [2.45, 2.75) is 48.6 Å². The van der Waals surface area contributed by atoms with E-state index in [0.29, 0.717) is 11.3 Å². The van der Waals surface area contributed by atoms with Gasteiger partial charge in [-0.2, -0.15) is 0 Å². The molecule has 0 aliphatic heterocycles. The molecule has 0 radical (unpaired) electrons. The van der Waals surface area contributed by atoms with E-state index in [4.69, 9.17) is 4.42 Å². The van der Waals surface area contributed by atoms with Crippen LogP contribution in [0.4, 0.5) is 0 Å². The van der Waals surface area contributed by atoms with Crippen LogP contribution in [0.3, 0.4) is 0 Å². The van der Waals surface area contributed by atoms with E-state index in [1.54, 1.807) is 24.2 Å². The van der Waals surface area contributed by atoms with Gasteiger partial charge >= 0.3 is 0 Å². The monoisotopic (exact) mass is 226 g/mol. The SMILES string of the molecule is CNC1CCCCCC1Sc1ncco1. The molecule has 2 unspecified atom stereocenters. The van der Waals surface area contributed by atoms with Crippen molar-refractivity contribution in [3.8, 4) is 0 Å². The highest BCUT2D eigenvalue weighted by molar-refractivity contribution is 7.99. The van der Waals surface area contributed by atoms with Crippen molar-refractivity contribution < 1.29 is 4.42 Å². The molecule has 1 aromatic rings. The van der Waals surface area contributed by atoms with E-state index in [1.807, 2.05) is 0 Å². The van der Waals surface area contributed by atoms with Gasteiger partial charge in [0, 0.05) is 11.3 Å². The van der Waals surface area contributed by atoms with E-state index in [1.165, 1.54) is 32.1 Å². The van der Waals surface area contributed by atoms with Gasteiger partial charge in [0.2, 0.25) is 0 Å². The first-order valence-electron chi connectivity index (χ1n) is 5.63. The summed E-state index contributed by atoms with van der Waals surface area (Å²) >= 11 is 1.78. The molecule has 4 heteroatoms. The molecule has 1 N–H and O–H groups in total. The largest absolute Gasteiger partial charge is 0.440 e. The Morgan fingerprint density at radius 1 is 1.40 bits per heavy atom. The number of thioether (sulfide) groups is 1. The Balaban J connectivity index is 1.97. The second-order valence-corrected chi connectivity index (χ2v) is 5.18. The second kappa shape index (κ2) is 5.56. The topological polar surface area (TPSA) is 38.1 Å². The Morgan fingerprint density at radius 2 is 2.27 bits per heavy atom. The van der Waals surface area contributed by atoms with E-state index in [0.717, 1.165) is 5.22 Å². The van der Waals surface area contributed by atoms with E-state index in [9.17, 15) is 0 Å². The van der Waals surface area contributed by atoms with Crippen LogP contribution in [0.1, 0.15) is 32.1 Å². The number of oxazole rings is 1. The average molecular weight is 226 g/mol. The zero-order chi connectivity index (χ0) is 10.5. The highest BCUT2D eigenvalue weighted by Crippen LogP contribution is 2.31. The molecule has 0 aromatic carbocycles. The molecule has 15 heavy (non-hydrogen) atoms. The summed E-state index contributed by atoms with van der Waals surface area (Å²) < 4.78 is 5.29. The number of rotatable bonds is 3. The lowest BCUT2D eigenvalue weighted by Crippen LogP contribution is -2.34. The minimum atomic E-state index is 0.601. The predicted molar refractivity (Wildman–Crippen MR) is 62.1 cm³/mol. The smallest absolute Gasteiger partial charge is 0.255 e. The lowest BCUT2D eigenvalue weighted by Gasteiger charge is -2.22. The zero-order valence-electron chi connectivity index (χ0n) is 9.11. The first-order valence-corrected chi connectivity index (χ1v) is 6.51. The molecule has 1 fully saturated rings. The molecule has 1 heterocycles. The summed E-state index contributed by atoms with van der Waals surface area (Å²) in [5.41, 5.74) is 0. The van der Waals surface area contributed by atoms with Crippen LogP contribution in [0.15, 0.2) is 22.1 Å². The van der Waals surface area contributed by atoms with Crippen molar-refractivity contribution in [3.63, 3.8) is 0 Å². The molecule has 1 aliphatic rings.